The summed E-state index contributed by atoms with van der Waals surface area (Å²) in [5, 5.41) is 18.3. The van der Waals surface area contributed by atoms with Crippen LogP contribution in [0.15, 0.2) is 35.9 Å². The lowest BCUT2D eigenvalue weighted by molar-refractivity contribution is -0.690. The molecule has 1 fully saturated rings. The minimum absolute atomic E-state index is 0.288. The first-order valence-corrected chi connectivity index (χ1v) is 6.67. The molecule has 96 valence electrons. The monoisotopic (exact) mass is 253 g/mol. The summed E-state index contributed by atoms with van der Waals surface area (Å²) in [5.74, 6) is 0.378. The Morgan fingerprint density at radius 1 is 1.11 bits per heavy atom. The van der Waals surface area contributed by atoms with Gasteiger partial charge in [-0.3, -0.25) is 4.98 Å². The second kappa shape index (κ2) is 6.66. The van der Waals surface area contributed by atoms with Crippen LogP contribution in [0.3, 0.4) is 0 Å². The number of allylic oxidation sites excluding steroid dienone is 2. The van der Waals surface area contributed by atoms with Crippen LogP contribution in [0.5, 0.6) is 0 Å². The molecule has 0 aromatic carbocycles. The average molecular weight is 253 g/mol. The second-order valence-electron chi connectivity index (χ2n) is 4.88. The number of hydrogen-bond donors (Lipinski definition) is 0. The molecular formula is C15H17N4+. The minimum Gasteiger partial charge on any atom is -0.252 e. The highest BCUT2D eigenvalue weighted by atomic mass is 14.9. The zero-order valence-corrected chi connectivity index (χ0v) is 10.9. The second-order valence-corrected chi connectivity index (χ2v) is 4.88. The topological polar surface area (TPSA) is 64.3 Å². The van der Waals surface area contributed by atoms with Gasteiger partial charge in [-0.2, -0.15) is 15.1 Å². The van der Waals surface area contributed by atoms with E-state index in [1.807, 2.05) is 17.0 Å². The van der Waals surface area contributed by atoms with Gasteiger partial charge in [-0.05, 0) is 18.8 Å². The largest absolute Gasteiger partial charge is 0.252 e. The van der Waals surface area contributed by atoms with Crippen LogP contribution in [0.1, 0.15) is 32.1 Å². The zero-order chi connectivity index (χ0) is 13.5. The highest BCUT2D eigenvalue weighted by Crippen LogP contribution is 2.31. The number of hydrogen-bond acceptors (Lipinski definition) is 3. The maximum absolute atomic E-state index is 9.15. The fourth-order valence-electron chi connectivity index (χ4n) is 2.68. The molecule has 1 aliphatic carbocycles. The van der Waals surface area contributed by atoms with Crippen molar-refractivity contribution in [1.82, 2.24) is 4.98 Å². The molecule has 0 saturated heterocycles. The summed E-state index contributed by atoms with van der Waals surface area (Å²) >= 11 is 0. The van der Waals surface area contributed by atoms with E-state index in [1.54, 1.807) is 12.4 Å². The summed E-state index contributed by atoms with van der Waals surface area (Å²) < 4.78 is 1.98. The average Bonchev–Trinajstić information content (AvgIpc) is 2.49. The Labute approximate surface area is 113 Å². The number of rotatable bonds is 3. The molecule has 0 radical (unpaired) electrons. The normalized spacial score (nSPS) is 15.3. The van der Waals surface area contributed by atoms with Gasteiger partial charge in [0.25, 0.3) is 0 Å². The fourth-order valence-corrected chi connectivity index (χ4v) is 2.68. The Morgan fingerprint density at radius 3 is 2.32 bits per heavy atom. The van der Waals surface area contributed by atoms with Gasteiger partial charge in [0.2, 0.25) is 0 Å². The van der Waals surface area contributed by atoms with E-state index in [1.165, 1.54) is 19.3 Å². The third-order valence-corrected chi connectivity index (χ3v) is 3.68. The molecule has 1 aromatic heterocycles. The maximum Gasteiger partial charge on any atom is 0.187 e. The molecule has 1 aromatic rings. The fraction of sp³-hybridized carbons (Fsp3) is 0.467. The van der Waals surface area contributed by atoms with Crippen LogP contribution in [0, 0.1) is 28.6 Å². The quantitative estimate of drug-likeness (QED) is 0.613. The van der Waals surface area contributed by atoms with Crippen molar-refractivity contribution in [3.63, 3.8) is 0 Å². The van der Waals surface area contributed by atoms with E-state index in [-0.39, 0.29) is 5.57 Å². The molecule has 0 aliphatic heterocycles. The summed E-state index contributed by atoms with van der Waals surface area (Å²) in [6.45, 7) is 0.615. The molecule has 1 saturated carbocycles. The Hall–Kier alpha value is -2.20. The van der Waals surface area contributed by atoms with Crippen LogP contribution in [0.2, 0.25) is 0 Å². The van der Waals surface area contributed by atoms with Crippen LogP contribution in [-0.4, -0.2) is 4.98 Å². The first-order valence-electron chi connectivity index (χ1n) is 6.67. The van der Waals surface area contributed by atoms with Crippen molar-refractivity contribution >= 4 is 0 Å². The van der Waals surface area contributed by atoms with E-state index in [9.17, 15) is 0 Å². The first-order chi connectivity index (χ1) is 9.35. The maximum atomic E-state index is 9.15. The highest BCUT2D eigenvalue weighted by Gasteiger charge is 2.24. The van der Waals surface area contributed by atoms with E-state index in [2.05, 4.69) is 17.1 Å². The Balaban J connectivity index is 2.28. The van der Waals surface area contributed by atoms with E-state index in [4.69, 9.17) is 10.5 Å². The highest BCUT2D eigenvalue weighted by molar-refractivity contribution is 5.40. The van der Waals surface area contributed by atoms with Gasteiger partial charge in [-0.15, -0.1) is 0 Å². The van der Waals surface area contributed by atoms with Crippen LogP contribution >= 0.6 is 0 Å². The van der Waals surface area contributed by atoms with Gasteiger partial charge >= 0.3 is 0 Å². The molecular weight excluding hydrogens is 236 g/mol. The van der Waals surface area contributed by atoms with Crippen molar-refractivity contribution in [2.24, 2.45) is 5.92 Å². The molecule has 4 nitrogen and oxygen atoms in total. The van der Waals surface area contributed by atoms with Crippen molar-refractivity contribution < 1.29 is 4.57 Å². The van der Waals surface area contributed by atoms with Crippen molar-refractivity contribution in [1.29, 1.82) is 10.5 Å². The van der Waals surface area contributed by atoms with Gasteiger partial charge in [0, 0.05) is 5.57 Å². The lowest BCUT2D eigenvalue weighted by Gasteiger charge is -2.22. The number of aromatic nitrogens is 2. The van der Waals surface area contributed by atoms with E-state index in [0.717, 1.165) is 18.4 Å². The molecule has 0 N–H and O–H groups in total. The minimum atomic E-state index is 0.288. The predicted octanol–water partition coefficient (Wildman–Crippen LogP) is 2.29. The molecule has 0 atom stereocenters. The molecule has 4 heteroatoms. The molecule has 0 amide bonds. The molecule has 0 bridgehead atoms. The van der Waals surface area contributed by atoms with E-state index in [0.29, 0.717) is 12.5 Å². The Kier molecular flexibility index (Phi) is 4.64. The standard InChI is InChI=1S/C15H17N4/c16-10-14(11-17)15(13-4-2-1-3-5-13)12-19-8-6-18-7-9-19/h6-9,13H,1-5,12H2/q+1. The molecule has 0 spiro atoms. The lowest BCUT2D eigenvalue weighted by Crippen LogP contribution is -2.36. The zero-order valence-electron chi connectivity index (χ0n) is 10.9. The summed E-state index contributed by atoms with van der Waals surface area (Å²) in [6, 6.07) is 4.12. The number of nitriles is 2. The smallest absolute Gasteiger partial charge is 0.187 e. The summed E-state index contributed by atoms with van der Waals surface area (Å²) in [7, 11) is 0. The van der Waals surface area contributed by atoms with Crippen LogP contribution in [0.4, 0.5) is 0 Å². The van der Waals surface area contributed by atoms with Crippen molar-refractivity contribution in [2.45, 2.75) is 38.6 Å². The van der Waals surface area contributed by atoms with Crippen molar-refractivity contribution in [2.75, 3.05) is 0 Å². The summed E-state index contributed by atoms with van der Waals surface area (Å²) in [5.41, 5.74) is 1.28. The SMILES string of the molecule is N#CC(C#N)=C(C[n+]1ccncc1)C1CCCCC1. The van der Waals surface area contributed by atoms with Crippen LogP contribution in [-0.2, 0) is 6.54 Å². The van der Waals surface area contributed by atoms with Gasteiger partial charge in [0.15, 0.2) is 18.9 Å². The van der Waals surface area contributed by atoms with Gasteiger partial charge in [0.1, 0.15) is 17.7 Å². The van der Waals surface area contributed by atoms with Gasteiger partial charge < -0.3 is 0 Å². The van der Waals surface area contributed by atoms with Crippen LogP contribution in [0.25, 0.3) is 0 Å². The third kappa shape index (κ3) is 3.39. The molecule has 1 heterocycles. The van der Waals surface area contributed by atoms with Gasteiger partial charge in [-0.1, -0.05) is 19.3 Å². The van der Waals surface area contributed by atoms with E-state index < -0.39 is 0 Å². The first kappa shape index (κ1) is 13.2. The summed E-state index contributed by atoms with van der Waals surface area (Å²) in [4.78, 5) is 3.98. The predicted molar refractivity (Wildman–Crippen MR) is 69.3 cm³/mol. The molecule has 1 aliphatic rings. The van der Waals surface area contributed by atoms with Crippen LogP contribution < -0.4 is 4.57 Å². The molecule has 0 unspecified atom stereocenters. The van der Waals surface area contributed by atoms with Crippen molar-refractivity contribution in [3.8, 4) is 12.1 Å². The summed E-state index contributed by atoms with van der Waals surface area (Å²) in [6.07, 6.45) is 13.0. The third-order valence-electron chi connectivity index (χ3n) is 3.68. The van der Waals surface area contributed by atoms with E-state index >= 15 is 0 Å². The van der Waals surface area contributed by atoms with Crippen molar-refractivity contribution in [3.05, 3.63) is 35.9 Å². The Morgan fingerprint density at radius 2 is 1.74 bits per heavy atom. The Bertz CT molecular complexity index is 512. The lowest BCUT2D eigenvalue weighted by atomic mass is 9.82. The van der Waals surface area contributed by atoms with Gasteiger partial charge in [-0.25, -0.2) is 0 Å². The number of nitrogens with zero attached hydrogens (tertiary/aromatic N) is 4. The van der Waals surface area contributed by atoms with Gasteiger partial charge in [0.05, 0.1) is 12.4 Å². The molecule has 2 rings (SSSR count). The molecule has 19 heavy (non-hydrogen) atoms.